The van der Waals surface area contributed by atoms with Gasteiger partial charge in [-0.2, -0.15) is 5.10 Å². The van der Waals surface area contributed by atoms with E-state index in [-0.39, 0.29) is 21.6 Å². The number of hydrogen-bond acceptors (Lipinski definition) is 5. The number of amides is 1. The van der Waals surface area contributed by atoms with Gasteiger partial charge in [-0.1, -0.05) is 58.7 Å². The van der Waals surface area contributed by atoms with Crippen molar-refractivity contribution in [2.45, 2.75) is 37.6 Å². The van der Waals surface area contributed by atoms with Crippen LogP contribution in [0.15, 0.2) is 62.6 Å². The second-order valence-electron chi connectivity index (χ2n) is 8.17. The van der Waals surface area contributed by atoms with Crippen LogP contribution >= 0.6 is 31.9 Å². The fourth-order valence-corrected chi connectivity index (χ4v) is 5.64. The van der Waals surface area contributed by atoms with Crippen LogP contribution < -0.4 is 9.46 Å². The fraction of sp³-hybridized carbons (Fsp3) is 0.273. The minimum atomic E-state index is -4.18. The topological polar surface area (TPSA) is 90.3 Å². The van der Waals surface area contributed by atoms with E-state index < -0.39 is 15.9 Å². The first kappa shape index (κ1) is 24.5. The maximum Gasteiger partial charge on any atom is 0.268 e. The van der Waals surface area contributed by atoms with E-state index in [0.717, 1.165) is 11.1 Å². The average molecular weight is 585 g/mol. The number of carbonyl (C=O) groups is 1. The highest BCUT2D eigenvalue weighted by molar-refractivity contribution is 9.11. The fourth-order valence-electron chi connectivity index (χ4n) is 3.03. The van der Waals surface area contributed by atoms with Crippen LogP contribution in [0.1, 0.15) is 42.3 Å². The predicted molar refractivity (Wildman–Crippen MR) is 130 cm³/mol. The Morgan fingerprint density at radius 3 is 2.34 bits per heavy atom. The van der Waals surface area contributed by atoms with Gasteiger partial charge in [0.2, 0.25) is 0 Å². The van der Waals surface area contributed by atoms with Crippen molar-refractivity contribution in [3.8, 4) is 5.75 Å². The van der Waals surface area contributed by atoms with Crippen LogP contribution in [0.5, 0.6) is 5.75 Å². The SMILES string of the molecule is COc1ccc(C(C)(C)C)cc1S(=O)(=O)NC(=O)c1cc(Br)c(Cn2cccn2)c(Br)c1. The molecule has 0 unspecified atom stereocenters. The van der Waals surface area contributed by atoms with Gasteiger partial charge in [0.05, 0.1) is 13.7 Å². The monoisotopic (exact) mass is 583 g/mol. The first-order chi connectivity index (χ1) is 14.9. The molecule has 1 N–H and O–H groups in total. The molecular weight excluding hydrogens is 562 g/mol. The quantitative estimate of drug-likeness (QED) is 0.446. The summed E-state index contributed by atoms with van der Waals surface area (Å²) >= 11 is 6.94. The molecule has 0 saturated heterocycles. The summed E-state index contributed by atoms with van der Waals surface area (Å²) in [6.07, 6.45) is 3.50. The lowest BCUT2D eigenvalue weighted by atomic mass is 9.87. The zero-order valence-electron chi connectivity index (χ0n) is 18.0. The summed E-state index contributed by atoms with van der Waals surface area (Å²) in [6.45, 7) is 6.40. The molecule has 3 aromatic rings. The number of halogens is 2. The number of methoxy groups -OCH3 is 1. The van der Waals surface area contributed by atoms with E-state index in [1.54, 1.807) is 29.1 Å². The Morgan fingerprint density at radius 2 is 1.81 bits per heavy atom. The molecule has 7 nitrogen and oxygen atoms in total. The Morgan fingerprint density at radius 1 is 1.16 bits per heavy atom. The summed E-state index contributed by atoms with van der Waals surface area (Å²) in [5.41, 5.74) is 1.58. The van der Waals surface area contributed by atoms with Crippen LogP contribution in [0.2, 0.25) is 0 Å². The molecule has 0 aliphatic heterocycles. The number of carbonyl (C=O) groups excluding carboxylic acids is 1. The third kappa shape index (κ3) is 5.41. The Labute approximate surface area is 204 Å². The van der Waals surface area contributed by atoms with Crippen LogP contribution in [0.4, 0.5) is 0 Å². The van der Waals surface area contributed by atoms with Gasteiger partial charge in [0.25, 0.3) is 15.9 Å². The Kier molecular flexibility index (Phi) is 7.16. The maximum atomic E-state index is 13.1. The number of sulfonamides is 1. The number of ether oxygens (including phenoxy) is 1. The summed E-state index contributed by atoms with van der Waals surface area (Å²) < 4.78 is 36.6. The van der Waals surface area contributed by atoms with Gasteiger partial charge in [0.15, 0.2) is 0 Å². The molecule has 1 aromatic heterocycles. The lowest BCUT2D eigenvalue weighted by Gasteiger charge is -2.21. The zero-order chi connectivity index (χ0) is 23.7. The van der Waals surface area contributed by atoms with Crippen molar-refractivity contribution in [2.75, 3.05) is 7.11 Å². The first-order valence-electron chi connectivity index (χ1n) is 9.63. The van der Waals surface area contributed by atoms with Crippen molar-refractivity contribution < 1.29 is 17.9 Å². The Bertz CT molecular complexity index is 1230. The largest absolute Gasteiger partial charge is 0.495 e. The average Bonchev–Trinajstić information content (AvgIpc) is 3.22. The van der Waals surface area contributed by atoms with E-state index >= 15 is 0 Å². The molecule has 2 aromatic carbocycles. The van der Waals surface area contributed by atoms with Crippen molar-refractivity contribution in [3.05, 3.63) is 74.4 Å². The van der Waals surface area contributed by atoms with Crippen LogP contribution in [0.3, 0.4) is 0 Å². The third-order valence-electron chi connectivity index (χ3n) is 4.83. The molecule has 0 aliphatic carbocycles. The molecule has 0 aliphatic rings. The molecule has 0 fully saturated rings. The zero-order valence-corrected chi connectivity index (χ0v) is 22.0. The van der Waals surface area contributed by atoms with E-state index in [4.69, 9.17) is 4.74 Å². The second-order valence-corrected chi connectivity index (χ2v) is 11.5. The molecule has 3 rings (SSSR count). The number of nitrogens with zero attached hydrogens (tertiary/aromatic N) is 2. The smallest absolute Gasteiger partial charge is 0.268 e. The van der Waals surface area contributed by atoms with Crippen LogP contribution in [0, 0.1) is 0 Å². The number of aromatic nitrogens is 2. The number of nitrogens with one attached hydrogen (secondary N) is 1. The summed E-state index contributed by atoms with van der Waals surface area (Å²) in [6, 6.07) is 9.92. The van der Waals surface area contributed by atoms with Gasteiger partial charge >= 0.3 is 0 Å². The van der Waals surface area contributed by atoms with Crippen molar-refractivity contribution in [1.82, 2.24) is 14.5 Å². The number of rotatable bonds is 6. The lowest BCUT2D eigenvalue weighted by Crippen LogP contribution is -2.31. The van der Waals surface area contributed by atoms with Gasteiger partial charge in [-0.05, 0) is 41.3 Å². The molecule has 0 saturated carbocycles. The standard InChI is InChI=1S/C22H23Br2N3O4S/c1-22(2,3)15-6-7-19(31-4)20(12-15)32(29,30)26-21(28)14-10-17(23)16(18(24)11-14)13-27-9-5-8-25-27/h5-12H,13H2,1-4H3,(H,26,28). The number of hydrogen-bond donors (Lipinski definition) is 1. The van der Waals surface area contributed by atoms with Crippen LogP contribution in [0.25, 0.3) is 0 Å². The van der Waals surface area contributed by atoms with Gasteiger partial charge in [-0.3, -0.25) is 9.48 Å². The molecule has 32 heavy (non-hydrogen) atoms. The minimum absolute atomic E-state index is 0.0887. The molecule has 0 radical (unpaired) electrons. The molecule has 0 spiro atoms. The summed E-state index contributed by atoms with van der Waals surface area (Å²) in [4.78, 5) is 12.8. The van der Waals surface area contributed by atoms with E-state index in [9.17, 15) is 13.2 Å². The van der Waals surface area contributed by atoms with Gasteiger partial charge in [-0.15, -0.1) is 0 Å². The highest BCUT2D eigenvalue weighted by Gasteiger charge is 2.26. The Hall–Kier alpha value is -2.17. The van der Waals surface area contributed by atoms with E-state index in [1.165, 1.54) is 13.2 Å². The summed E-state index contributed by atoms with van der Waals surface area (Å²) in [5.74, 6) is -0.588. The van der Waals surface area contributed by atoms with E-state index in [2.05, 4.69) is 41.7 Å². The number of benzene rings is 2. The van der Waals surface area contributed by atoms with Crippen LogP contribution in [-0.4, -0.2) is 31.2 Å². The summed E-state index contributed by atoms with van der Waals surface area (Å²) in [5, 5.41) is 4.18. The van der Waals surface area contributed by atoms with E-state index in [0.29, 0.717) is 15.5 Å². The third-order valence-corrected chi connectivity index (χ3v) is 7.60. The normalized spacial score (nSPS) is 11.9. The second kappa shape index (κ2) is 9.36. The lowest BCUT2D eigenvalue weighted by molar-refractivity contribution is 0.0981. The highest BCUT2D eigenvalue weighted by Crippen LogP contribution is 2.32. The molecule has 1 amide bonds. The van der Waals surface area contributed by atoms with Gasteiger partial charge in [-0.25, -0.2) is 13.1 Å². The molecule has 0 bridgehead atoms. The van der Waals surface area contributed by atoms with Crippen molar-refractivity contribution in [1.29, 1.82) is 0 Å². The Balaban J connectivity index is 1.91. The molecule has 170 valence electrons. The summed E-state index contributed by atoms with van der Waals surface area (Å²) in [7, 11) is -2.79. The molecule has 0 atom stereocenters. The van der Waals surface area contributed by atoms with Crippen LogP contribution in [-0.2, 0) is 22.0 Å². The van der Waals surface area contributed by atoms with Gasteiger partial charge < -0.3 is 4.74 Å². The van der Waals surface area contributed by atoms with Crippen molar-refractivity contribution >= 4 is 47.8 Å². The van der Waals surface area contributed by atoms with Gasteiger partial charge in [0, 0.05) is 32.5 Å². The van der Waals surface area contributed by atoms with Crippen molar-refractivity contribution in [2.24, 2.45) is 0 Å². The molecular formula is C22H23Br2N3O4S. The van der Waals surface area contributed by atoms with Crippen molar-refractivity contribution in [3.63, 3.8) is 0 Å². The van der Waals surface area contributed by atoms with Gasteiger partial charge in [0.1, 0.15) is 10.6 Å². The first-order valence-corrected chi connectivity index (χ1v) is 12.7. The van der Waals surface area contributed by atoms with E-state index in [1.807, 2.05) is 39.1 Å². The maximum absolute atomic E-state index is 13.1. The highest BCUT2D eigenvalue weighted by atomic mass is 79.9. The predicted octanol–water partition coefficient (Wildman–Crippen LogP) is 4.88. The molecule has 1 heterocycles. The minimum Gasteiger partial charge on any atom is -0.495 e. The molecule has 10 heteroatoms.